The van der Waals surface area contributed by atoms with Crippen molar-refractivity contribution in [1.29, 1.82) is 0 Å². The molecule has 2 aliphatic heterocycles. The highest BCUT2D eigenvalue weighted by Gasteiger charge is 2.53. The zero-order valence-corrected chi connectivity index (χ0v) is 10.6. The Bertz CT molecular complexity index is 217. The summed E-state index contributed by atoms with van der Waals surface area (Å²) in [4.78, 5) is 0. The van der Waals surface area contributed by atoms with Gasteiger partial charge in [-0.1, -0.05) is 29.8 Å². The summed E-state index contributed by atoms with van der Waals surface area (Å²) in [5, 5.41) is 0.949. The molecule has 0 aromatic heterocycles. The Balaban J connectivity index is 2.14. The van der Waals surface area contributed by atoms with Gasteiger partial charge >= 0.3 is 0 Å². The topological polar surface area (TPSA) is 18.5 Å². The van der Waals surface area contributed by atoms with Crippen molar-refractivity contribution in [2.75, 3.05) is 18.5 Å². The van der Waals surface area contributed by atoms with Crippen LogP contribution in [0.15, 0.2) is 0 Å². The van der Waals surface area contributed by atoms with E-state index in [1.54, 1.807) is 0 Å². The first-order valence-corrected chi connectivity index (χ1v) is 6.53. The molecule has 14 heavy (non-hydrogen) atoms. The Morgan fingerprint density at radius 1 is 1.36 bits per heavy atom. The molecule has 3 heteroatoms. The lowest BCUT2D eigenvalue weighted by Gasteiger charge is -2.45. The van der Waals surface area contributed by atoms with Gasteiger partial charge in [0.05, 0.1) is 24.9 Å². The fourth-order valence-electron chi connectivity index (χ4n) is 2.56. The van der Waals surface area contributed by atoms with E-state index in [4.69, 9.17) is 9.47 Å². The first-order chi connectivity index (χ1) is 6.60. The summed E-state index contributed by atoms with van der Waals surface area (Å²) in [6.45, 7) is 6.14. The van der Waals surface area contributed by atoms with E-state index in [1.807, 2.05) is 0 Å². The summed E-state index contributed by atoms with van der Waals surface area (Å²) in [7, 11) is 0. The molecule has 0 N–H and O–H groups in total. The quantitative estimate of drug-likeness (QED) is 0.677. The largest absolute Gasteiger partial charge is 0.378 e. The van der Waals surface area contributed by atoms with Gasteiger partial charge in [0.15, 0.2) is 0 Å². The van der Waals surface area contributed by atoms with Crippen molar-refractivity contribution >= 4 is 15.9 Å². The predicted molar refractivity (Wildman–Crippen MR) is 59.8 cm³/mol. The summed E-state index contributed by atoms with van der Waals surface area (Å²) in [6, 6.07) is 0. The molecular weight excluding hydrogens is 244 g/mol. The SMILES string of the molecule is CC1(C)COCC12CCCC(CBr)O2. The summed E-state index contributed by atoms with van der Waals surface area (Å²) in [5.41, 5.74) is 0.164. The standard InChI is InChI=1S/C11H19BrO2/c1-10(2)7-13-8-11(10)5-3-4-9(6-12)14-11/h9H,3-8H2,1-2H3. The number of hydrogen-bond acceptors (Lipinski definition) is 2. The predicted octanol–water partition coefficient (Wildman–Crippen LogP) is 2.75. The van der Waals surface area contributed by atoms with Crippen molar-refractivity contribution < 1.29 is 9.47 Å². The second-order valence-electron chi connectivity index (χ2n) is 5.16. The first kappa shape index (κ1) is 10.9. The highest BCUT2D eigenvalue weighted by Crippen LogP contribution is 2.47. The molecule has 2 atom stereocenters. The molecule has 0 amide bonds. The molecule has 0 bridgehead atoms. The third kappa shape index (κ3) is 1.63. The zero-order valence-electron chi connectivity index (χ0n) is 9.01. The molecule has 0 aliphatic carbocycles. The van der Waals surface area contributed by atoms with Crippen LogP contribution in [-0.4, -0.2) is 30.2 Å². The minimum Gasteiger partial charge on any atom is -0.378 e. The molecular formula is C11H19BrO2. The monoisotopic (exact) mass is 262 g/mol. The zero-order chi connectivity index (χ0) is 10.2. The molecule has 2 saturated heterocycles. The van der Waals surface area contributed by atoms with Gasteiger partial charge in [-0.05, 0) is 19.3 Å². The molecule has 82 valence electrons. The van der Waals surface area contributed by atoms with Crippen molar-refractivity contribution in [3.63, 3.8) is 0 Å². The molecule has 2 nitrogen and oxygen atoms in total. The highest BCUT2D eigenvalue weighted by atomic mass is 79.9. The fourth-order valence-corrected chi connectivity index (χ4v) is 3.02. The van der Waals surface area contributed by atoms with Gasteiger partial charge < -0.3 is 9.47 Å². The molecule has 2 rings (SSSR count). The van der Waals surface area contributed by atoms with Crippen LogP contribution < -0.4 is 0 Å². The molecule has 1 spiro atoms. The van der Waals surface area contributed by atoms with Gasteiger partial charge in [0, 0.05) is 10.7 Å². The summed E-state index contributed by atoms with van der Waals surface area (Å²) in [6.07, 6.45) is 3.99. The van der Waals surface area contributed by atoms with Crippen LogP contribution in [0.3, 0.4) is 0 Å². The van der Waals surface area contributed by atoms with E-state index >= 15 is 0 Å². The second-order valence-corrected chi connectivity index (χ2v) is 5.80. The van der Waals surface area contributed by atoms with Gasteiger partial charge in [0.2, 0.25) is 0 Å². The lowest BCUT2D eigenvalue weighted by molar-refractivity contribution is -0.159. The molecule has 0 aromatic rings. The van der Waals surface area contributed by atoms with Crippen LogP contribution in [0.1, 0.15) is 33.1 Å². The molecule has 2 unspecified atom stereocenters. The third-order valence-electron chi connectivity index (χ3n) is 3.70. The Morgan fingerprint density at radius 3 is 2.71 bits per heavy atom. The molecule has 2 heterocycles. The van der Waals surface area contributed by atoms with Gasteiger partial charge in [-0.15, -0.1) is 0 Å². The van der Waals surface area contributed by atoms with E-state index in [1.165, 1.54) is 12.8 Å². The van der Waals surface area contributed by atoms with Crippen molar-refractivity contribution in [3.05, 3.63) is 0 Å². The maximum absolute atomic E-state index is 6.23. The minimum absolute atomic E-state index is 0.0102. The maximum Gasteiger partial charge on any atom is 0.0991 e. The highest BCUT2D eigenvalue weighted by molar-refractivity contribution is 9.09. The second kappa shape index (κ2) is 3.76. The van der Waals surface area contributed by atoms with Crippen LogP contribution >= 0.6 is 15.9 Å². The number of ether oxygens (including phenoxy) is 2. The van der Waals surface area contributed by atoms with E-state index in [2.05, 4.69) is 29.8 Å². The van der Waals surface area contributed by atoms with Gasteiger partial charge in [-0.2, -0.15) is 0 Å². The Labute approximate surface area is 94.5 Å². The van der Waals surface area contributed by atoms with Crippen LogP contribution in [0.2, 0.25) is 0 Å². The van der Waals surface area contributed by atoms with Crippen LogP contribution in [0, 0.1) is 5.41 Å². The number of halogens is 1. The van der Waals surface area contributed by atoms with Crippen molar-refractivity contribution in [3.8, 4) is 0 Å². The number of rotatable bonds is 1. The normalized spacial score (nSPS) is 41.8. The van der Waals surface area contributed by atoms with Crippen molar-refractivity contribution in [2.24, 2.45) is 5.41 Å². The lowest BCUT2D eigenvalue weighted by Crippen LogP contribution is -2.51. The Morgan fingerprint density at radius 2 is 2.14 bits per heavy atom. The Hall–Kier alpha value is 0.400. The average Bonchev–Trinajstić information content (AvgIpc) is 2.43. The summed E-state index contributed by atoms with van der Waals surface area (Å²) in [5.74, 6) is 0. The van der Waals surface area contributed by atoms with Gasteiger partial charge in [0.1, 0.15) is 0 Å². The smallest absolute Gasteiger partial charge is 0.0991 e. The first-order valence-electron chi connectivity index (χ1n) is 5.41. The van der Waals surface area contributed by atoms with Crippen molar-refractivity contribution in [1.82, 2.24) is 0 Å². The van der Waals surface area contributed by atoms with Gasteiger partial charge in [-0.25, -0.2) is 0 Å². The van der Waals surface area contributed by atoms with Crippen LogP contribution in [0.5, 0.6) is 0 Å². The van der Waals surface area contributed by atoms with E-state index < -0.39 is 0 Å². The molecule has 0 aromatic carbocycles. The summed E-state index contributed by atoms with van der Waals surface area (Å²) < 4.78 is 11.8. The molecule has 0 saturated carbocycles. The molecule has 0 radical (unpaired) electrons. The third-order valence-corrected chi connectivity index (χ3v) is 4.42. The van der Waals surface area contributed by atoms with E-state index in [-0.39, 0.29) is 11.0 Å². The van der Waals surface area contributed by atoms with E-state index in [9.17, 15) is 0 Å². The Kier molecular flexibility index (Phi) is 2.93. The molecule has 2 aliphatic rings. The van der Waals surface area contributed by atoms with Crippen molar-refractivity contribution in [2.45, 2.75) is 44.8 Å². The molecule has 2 fully saturated rings. The lowest BCUT2D eigenvalue weighted by atomic mass is 9.73. The van der Waals surface area contributed by atoms with E-state index in [0.29, 0.717) is 6.10 Å². The fraction of sp³-hybridized carbons (Fsp3) is 1.00. The average molecular weight is 263 g/mol. The summed E-state index contributed by atoms with van der Waals surface area (Å²) >= 11 is 3.51. The van der Waals surface area contributed by atoms with Crippen LogP contribution in [0.25, 0.3) is 0 Å². The maximum atomic E-state index is 6.23. The van der Waals surface area contributed by atoms with Gasteiger partial charge in [0.25, 0.3) is 0 Å². The minimum atomic E-state index is -0.0102. The number of alkyl halides is 1. The van der Waals surface area contributed by atoms with Crippen LogP contribution in [0.4, 0.5) is 0 Å². The van der Waals surface area contributed by atoms with Crippen LogP contribution in [-0.2, 0) is 9.47 Å². The van der Waals surface area contributed by atoms with Gasteiger partial charge in [-0.3, -0.25) is 0 Å². The van der Waals surface area contributed by atoms with E-state index in [0.717, 1.165) is 25.0 Å². The number of hydrogen-bond donors (Lipinski definition) is 0.